The van der Waals surface area contributed by atoms with Gasteiger partial charge in [0.25, 0.3) is 0 Å². The highest BCUT2D eigenvalue weighted by atomic mass is 32.2. The first-order chi connectivity index (χ1) is 14.5. The molecule has 4 rings (SSSR count). The first-order valence-electron chi connectivity index (χ1n) is 9.44. The molecule has 0 aliphatic heterocycles. The van der Waals surface area contributed by atoms with Gasteiger partial charge in [-0.3, -0.25) is 0 Å². The topological polar surface area (TPSA) is 63.6 Å². The van der Waals surface area contributed by atoms with Crippen molar-refractivity contribution in [2.75, 3.05) is 0 Å². The SMILES string of the molecule is Cc1ccc(S(=O)(=O)Oc2ccc(O)c(-c3ccccc3)c2-c2ccccc2)cc1. The minimum Gasteiger partial charge on any atom is -0.507 e. The van der Waals surface area contributed by atoms with E-state index in [4.69, 9.17) is 4.18 Å². The van der Waals surface area contributed by atoms with Gasteiger partial charge in [0.2, 0.25) is 0 Å². The third kappa shape index (κ3) is 3.93. The molecule has 0 saturated heterocycles. The van der Waals surface area contributed by atoms with Crippen molar-refractivity contribution in [2.24, 2.45) is 0 Å². The zero-order valence-corrected chi connectivity index (χ0v) is 17.1. The summed E-state index contributed by atoms with van der Waals surface area (Å²) in [4.78, 5) is 0.0708. The maximum atomic E-state index is 12.9. The van der Waals surface area contributed by atoms with Crippen LogP contribution in [0.4, 0.5) is 0 Å². The second kappa shape index (κ2) is 8.05. The van der Waals surface area contributed by atoms with Crippen LogP contribution in [0, 0.1) is 6.92 Å². The van der Waals surface area contributed by atoms with Crippen LogP contribution in [0.5, 0.6) is 11.5 Å². The van der Waals surface area contributed by atoms with Crippen molar-refractivity contribution >= 4 is 10.1 Å². The monoisotopic (exact) mass is 416 g/mol. The molecular formula is C25H20O4S. The second-order valence-corrected chi connectivity index (χ2v) is 8.46. The van der Waals surface area contributed by atoms with Gasteiger partial charge in [0.15, 0.2) is 5.75 Å². The minimum absolute atomic E-state index is 0.0418. The van der Waals surface area contributed by atoms with E-state index in [0.717, 1.165) is 16.7 Å². The van der Waals surface area contributed by atoms with Crippen LogP contribution in [-0.4, -0.2) is 13.5 Å². The van der Waals surface area contributed by atoms with E-state index in [1.807, 2.05) is 67.6 Å². The van der Waals surface area contributed by atoms with E-state index in [1.54, 1.807) is 12.1 Å². The Balaban J connectivity index is 1.91. The molecule has 0 atom stereocenters. The zero-order valence-electron chi connectivity index (χ0n) is 16.3. The van der Waals surface area contributed by atoms with Crippen molar-refractivity contribution < 1.29 is 17.7 Å². The molecule has 30 heavy (non-hydrogen) atoms. The van der Waals surface area contributed by atoms with Gasteiger partial charge in [-0.1, -0.05) is 78.4 Å². The standard InChI is InChI=1S/C25H20O4S/c1-18-12-14-21(15-13-18)30(27,28)29-23-17-16-22(26)24(19-8-4-2-5-9-19)25(23)20-10-6-3-7-11-20/h2-17,26H,1H3. The summed E-state index contributed by atoms with van der Waals surface area (Å²) in [6.45, 7) is 1.89. The van der Waals surface area contributed by atoms with Gasteiger partial charge in [-0.05, 0) is 42.3 Å². The lowest BCUT2D eigenvalue weighted by molar-refractivity contribution is 0.471. The normalized spacial score (nSPS) is 11.2. The molecule has 0 saturated carbocycles. The lowest BCUT2D eigenvalue weighted by atomic mass is 9.93. The number of phenols is 1. The van der Waals surface area contributed by atoms with Crippen LogP contribution in [0.15, 0.2) is 102 Å². The Morgan fingerprint density at radius 3 is 1.77 bits per heavy atom. The van der Waals surface area contributed by atoms with Crippen molar-refractivity contribution in [3.8, 4) is 33.8 Å². The highest BCUT2D eigenvalue weighted by Crippen LogP contribution is 2.45. The molecule has 0 unspecified atom stereocenters. The van der Waals surface area contributed by atoms with Crippen LogP contribution in [0.1, 0.15) is 5.56 Å². The first kappa shape index (κ1) is 19.7. The maximum Gasteiger partial charge on any atom is 0.339 e. The molecular weight excluding hydrogens is 396 g/mol. The van der Waals surface area contributed by atoms with Crippen molar-refractivity contribution in [3.05, 3.63) is 103 Å². The smallest absolute Gasteiger partial charge is 0.339 e. The van der Waals surface area contributed by atoms with Gasteiger partial charge in [0, 0.05) is 11.1 Å². The van der Waals surface area contributed by atoms with E-state index in [0.29, 0.717) is 11.1 Å². The summed E-state index contributed by atoms with van der Waals surface area (Å²) in [7, 11) is -4.05. The van der Waals surface area contributed by atoms with E-state index < -0.39 is 10.1 Å². The Kier molecular flexibility index (Phi) is 5.29. The maximum absolute atomic E-state index is 12.9. The number of aryl methyl sites for hydroxylation is 1. The fourth-order valence-electron chi connectivity index (χ4n) is 3.30. The average Bonchev–Trinajstić information content (AvgIpc) is 2.76. The Morgan fingerprint density at radius 2 is 1.20 bits per heavy atom. The molecule has 4 aromatic rings. The molecule has 4 nitrogen and oxygen atoms in total. The number of phenolic OH excluding ortho intramolecular Hbond substituents is 1. The molecule has 0 spiro atoms. The molecule has 0 aliphatic carbocycles. The van der Waals surface area contributed by atoms with Crippen molar-refractivity contribution in [1.29, 1.82) is 0 Å². The molecule has 0 aromatic heterocycles. The molecule has 0 heterocycles. The van der Waals surface area contributed by atoms with Crippen LogP contribution in [0.3, 0.4) is 0 Å². The third-order valence-electron chi connectivity index (χ3n) is 4.78. The fourth-order valence-corrected chi connectivity index (χ4v) is 4.24. The van der Waals surface area contributed by atoms with Crippen molar-refractivity contribution in [2.45, 2.75) is 11.8 Å². The summed E-state index contributed by atoms with van der Waals surface area (Å²) >= 11 is 0. The molecule has 0 radical (unpaired) electrons. The summed E-state index contributed by atoms with van der Waals surface area (Å²) in [6, 6.07) is 28.0. The Morgan fingerprint density at radius 1 is 0.667 bits per heavy atom. The third-order valence-corrected chi connectivity index (χ3v) is 6.03. The molecule has 0 bridgehead atoms. The molecule has 0 aliphatic rings. The van der Waals surface area contributed by atoms with Crippen LogP contribution < -0.4 is 4.18 Å². The summed E-state index contributed by atoms with van der Waals surface area (Å²) in [6.07, 6.45) is 0. The van der Waals surface area contributed by atoms with E-state index >= 15 is 0 Å². The van der Waals surface area contributed by atoms with Crippen molar-refractivity contribution in [3.63, 3.8) is 0 Å². The number of aromatic hydroxyl groups is 1. The van der Waals surface area contributed by atoms with Crippen LogP contribution in [0.2, 0.25) is 0 Å². The Labute approximate surface area is 176 Å². The molecule has 150 valence electrons. The van der Waals surface area contributed by atoms with Crippen LogP contribution in [0.25, 0.3) is 22.3 Å². The van der Waals surface area contributed by atoms with E-state index in [2.05, 4.69) is 0 Å². The fraction of sp³-hybridized carbons (Fsp3) is 0.0400. The predicted molar refractivity (Wildman–Crippen MR) is 118 cm³/mol. The minimum atomic E-state index is -4.05. The van der Waals surface area contributed by atoms with Crippen LogP contribution >= 0.6 is 0 Å². The largest absolute Gasteiger partial charge is 0.507 e. The van der Waals surface area contributed by atoms with Crippen molar-refractivity contribution in [1.82, 2.24) is 0 Å². The summed E-state index contributed by atoms with van der Waals surface area (Å²) in [5.41, 5.74) is 3.47. The Bertz CT molecular complexity index is 1260. The number of benzene rings is 4. The number of rotatable bonds is 5. The quantitative estimate of drug-likeness (QED) is 0.418. The molecule has 0 amide bonds. The lowest BCUT2D eigenvalue weighted by Crippen LogP contribution is -2.10. The lowest BCUT2D eigenvalue weighted by Gasteiger charge is -2.17. The van der Waals surface area contributed by atoms with Gasteiger partial charge < -0.3 is 9.29 Å². The predicted octanol–water partition coefficient (Wildman–Crippen LogP) is 5.80. The summed E-state index contributed by atoms with van der Waals surface area (Å²) in [5.74, 6) is 0.193. The van der Waals surface area contributed by atoms with E-state index in [1.165, 1.54) is 24.3 Å². The highest BCUT2D eigenvalue weighted by Gasteiger charge is 2.23. The molecule has 5 heteroatoms. The average molecular weight is 416 g/mol. The second-order valence-electron chi connectivity index (χ2n) is 6.92. The van der Waals surface area contributed by atoms with Gasteiger partial charge >= 0.3 is 10.1 Å². The number of hydrogen-bond donors (Lipinski definition) is 1. The Hall–Kier alpha value is -3.57. The zero-order chi connectivity index (χ0) is 21.1. The first-order valence-corrected chi connectivity index (χ1v) is 10.8. The van der Waals surface area contributed by atoms with Gasteiger partial charge in [-0.2, -0.15) is 8.42 Å². The van der Waals surface area contributed by atoms with Crippen LogP contribution in [-0.2, 0) is 10.1 Å². The van der Waals surface area contributed by atoms with Gasteiger partial charge in [0.05, 0.1) is 0 Å². The highest BCUT2D eigenvalue weighted by molar-refractivity contribution is 7.87. The molecule has 4 aromatic carbocycles. The van der Waals surface area contributed by atoms with Gasteiger partial charge in [-0.25, -0.2) is 0 Å². The summed E-state index contributed by atoms with van der Waals surface area (Å²) in [5, 5.41) is 10.7. The van der Waals surface area contributed by atoms with E-state index in [9.17, 15) is 13.5 Å². The molecule has 0 fully saturated rings. The molecule has 1 N–H and O–H groups in total. The number of hydrogen-bond acceptors (Lipinski definition) is 4. The van der Waals surface area contributed by atoms with Gasteiger partial charge in [-0.15, -0.1) is 0 Å². The van der Waals surface area contributed by atoms with E-state index in [-0.39, 0.29) is 16.4 Å². The summed E-state index contributed by atoms with van der Waals surface area (Å²) < 4.78 is 31.5. The van der Waals surface area contributed by atoms with Gasteiger partial charge in [0.1, 0.15) is 10.6 Å².